The van der Waals surface area contributed by atoms with E-state index < -0.39 is 0 Å². The highest BCUT2D eigenvalue weighted by Gasteiger charge is 2.26. The van der Waals surface area contributed by atoms with Crippen LogP contribution in [0.2, 0.25) is 0 Å². The van der Waals surface area contributed by atoms with Crippen molar-refractivity contribution in [2.45, 2.75) is 32.1 Å². The minimum atomic E-state index is 0.115. The van der Waals surface area contributed by atoms with Gasteiger partial charge in [0.05, 0.1) is 18.2 Å². The molecule has 21 heavy (non-hydrogen) atoms. The monoisotopic (exact) mass is 285 g/mol. The molecule has 0 aromatic carbocycles. The molecule has 1 aliphatic carbocycles. The van der Waals surface area contributed by atoms with Crippen LogP contribution in [0.25, 0.3) is 0 Å². The van der Waals surface area contributed by atoms with Gasteiger partial charge in [0.15, 0.2) is 0 Å². The lowest BCUT2D eigenvalue weighted by Gasteiger charge is -2.23. The first-order valence-corrected chi connectivity index (χ1v) is 7.32. The van der Waals surface area contributed by atoms with Crippen molar-refractivity contribution in [3.63, 3.8) is 0 Å². The van der Waals surface area contributed by atoms with Gasteiger partial charge in [-0.1, -0.05) is 6.07 Å². The van der Waals surface area contributed by atoms with Crippen molar-refractivity contribution in [2.24, 2.45) is 0 Å². The molecule has 1 unspecified atom stereocenters. The molecule has 1 N–H and O–H groups in total. The van der Waals surface area contributed by atoms with Crippen molar-refractivity contribution in [1.82, 2.24) is 19.9 Å². The Balaban J connectivity index is 2.02. The molecule has 0 radical (unpaired) electrons. The number of pyridine rings is 1. The maximum Gasteiger partial charge on any atom is 0.321 e. The van der Waals surface area contributed by atoms with Crippen molar-refractivity contribution in [3.8, 4) is 6.01 Å². The fraction of sp³-hybridized carbons (Fsp3) is 0.467. The van der Waals surface area contributed by atoms with E-state index in [1.165, 1.54) is 5.56 Å². The minimum absolute atomic E-state index is 0.115. The van der Waals surface area contributed by atoms with E-state index in [-0.39, 0.29) is 5.92 Å². The highest BCUT2D eigenvalue weighted by Crippen LogP contribution is 2.34. The Morgan fingerprint density at radius 3 is 3.05 bits per heavy atom. The van der Waals surface area contributed by atoms with Gasteiger partial charge in [-0.2, -0.15) is 15.0 Å². The van der Waals surface area contributed by atoms with Crippen molar-refractivity contribution in [3.05, 3.63) is 35.4 Å². The van der Waals surface area contributed by atoms with Gasteiger partial charge in [0, 0.05) is 13.2 Å². The van der Waals surface area contributed by atoms with Crippen LogP contribution in [-0.2, 0) is 6.42 Å². The standard InChI is InChI=1S/C15H19N5O/c1-3-21-15-19-13(18-14(16-2)20-15)11-8-4-6-10-7-5-9-17-12(10)11/h5,7,9,11H,3-4,6,8H2,1-2H3,(H,16,18,19,20). The molecule has 0 bridgehead atoms. The second kappa shape index (κ2) is 6.03. The van der Waals surface area contributed by atoms with E-state index in [0.717, 1.165) is 30.8 Å². The molecule has 6 heteroatoms. The molecule has 0 spiro atoms. The summed E-state index contributed by atoms with van der Waals surface area (Å²) in [7, 11) is 1.79. The summed E-state index contributed by atoms with van der Waals surface area (Å²) in [5.41, 5.74) is 2.37. The normalized spacial score (nSPS) is 17.1. The van der Waals surface area contributed by atoms with Crippen LogP contribution in [0.4, 0.5) is 5.95 Å². The highest BCUT2D eigenvalue weighted by molar-refractivity contribution is 5.33. The number of ether oxygens (including phenoxy) is 1. The maximum atomic E-state index is 5.45. The van der Waals surface area contributed by atoms with Gasteiger partial charge in [-0.05, 0) is 37.8 Å². The van der Waals surface area contributed by atoms with Crippen LogP contribution in [0, 0.1) is 0 Å². The third-order valence-electron chi connectivity index (χ3n) is 3.64. The third-order valence-corrected chi connectivity index (χ3v) is 3.64. The molecule has 3 rings (SSSR count). The molecule has 2 aromatic rings. The van der Waals surface area contributed by atoms with E-state index >= 15 is 0 Å². The van der Waals surface area contributed by atoms with Gasteiger partial charge in [-0.3, -0.25) is 4.98 Å². The zero-order valence-corrected chi connectivity index (χ0v) is 12.3. The smallest absolute Gasteiger partial charge is 0.321 e. The molecule has 2 heterocycles. The molecule has 0 fully saturated rings. The second-order valence-corrected chi connectivity index (χ2v) is 4.98. The molecule has 2 aromatic heterocycles. The lowest BCUT2D eigenvalue weighted by Crippen LogP contribution is -2.17. The van der Waals surface area contributed by atoms with E-state index in [1.54, 1.807) is 7.05 Å². The van der Waals surface area contributed by atoms with Crippen LogP contribution >= 0.6 is 0 Å². The Bertz CT molecular complexity index is 631. The van der Waals surface area contributed by atoms with Gasteiger partial charge in [0.25, 0.3) is 0 Å². The first kappa shape index (κ1) is 13.7. The van der Waals surface area contributed by atoms with E-state index in [9.17, 15) is 0 Å². The average Bonchev–Trinajstić information content (AvgIpc) is 2.54. The maximum absolute atomic E-state index is 5.45. The summed E-state index contributed by atoms with van der Waals surface area (Å²) in [6.45, 7) is 2.45. The summed E-state index contributed by atoms with van der Waals surface area (Å²) in [6.07, 6.45) is 5.03. The second-order valence-electron chi connectivity index (χ2n) is 4.98. The Morgan fingerprint density at radius 1 is 1.33 bits per heavy atom. The fourth-order valence-corrected chi connectivity index (χ4v) is 2.69. The van der Waals surface area contributed by atoms with E-state index in [2.05, 4.69) is 31.3 Å². The van der Waals surface area contributed by atoms with E-state index in [0.29, 0.717) is 18.6 Å². The molecule has 6 nitrogen and oxygen atoms in total. The van der Waals surface area contributed by atoms with Crippen molar-refractivity contribution in [1.29, 1.82) is 0 Å². The number of anilines is 1. The first-order valence-electron chi connectivity index (χ1n) is 7.32. The number of fused-ring (bicyclic) bond motifs is 1. The fourth-order valence-electron chi connectivity index (χ4n) is 2.69. The zero-order valence-electron chi connectivity index (χ0n) is 12.3. The van der Waals surface area contributed by atoms with Crippen LogP contribution in [-0.4, -0.2) is 33.6 Å². The molecule has 1 atom stereocenters. The van der Waals surface area contributed by atoms with Crippen LogP contribution in [0.3, 0.4) is 0 Å². The third kappa shape index (κ3) is 2.79. The molecule has 0 aliphatic heterocycles. The SMILES string of the molecule is CCOc1nc(NC)nc(C2CCCc3cccnc32)n1. The number of aryl methyl sites for hydroxylation is 1. The quantitative estimate of drug-likeness (QED) is 0.928. The summed E-state index contributed by atoms with van der Waals surface area (Å²) in [4.78, 5) is 17.7. The van der Waals surface area contributed by atoms with Gasteiger partial charge in [-0.15, -0.1) is 0 Å². The van der Waals surface area contributed by atoms with Gasteiger partial charge >= 0.3 is 6.01 Å². The molecular weight excluding hydrogens is 266 g/mol. The Morgan fingerprint density at radius 2 is 2.24 bits per heavy atom. The molecule has 0 saturated carbocycles. The molecule has 0 amide bonds. The van der Waals surface area contributed by atoms with Gasteiger partial charge in [0.2, 0.25) is 5.95 Å². The Hall–Kier alpha value is -2.24. The topological polar surface area (TPSA) is 72.8 Å². The lowest BCUT2D eigenvalue weighted by atomic mass is 9.86. The summed E-state index contributed by atoms with van der Waals surface area (Å²) >= 11 is 0. The Kier molecular flexibility index (Phi) is 3.94. The first-order chi connectivity index (χ1) is 10.3. The van der Waals surface area contributed by atoms with E-state index in [4.69, 9.17) is 4.74 Å². The van der Waals surface area contributed by atoms with Gasteiger partial charge < -0.3 is 10.1 Å². The van der Waals surface area contributed by atoms with Gasteiger partial charge in [0.1, 0.15) is 5.82 Å². The summed E-state index contributed by atoms with van der Waals surface area (Å²) in [5, 5.41) is 2.97. The lowest BCUT2D eigenvalue weighted by molar-refractivity contribution is 0.309. The molecule has 1 aliphatic rings. The number of nitrogens with zero attached hydrogens (tertiary/aromatic N) is 4. The van der Waals surface area contributed by atoms with Crippen LogP contribution in [0.1, 0.15) is 42.8 Å². The highest BCUT2D eigenvalue weighted by atomic mass is 16.5. The number of nitrogens with one attached hydrogen (secondary N) is 1. The van der Waals surface area contributed by atoms with Crippen LogP contribution in [0.5, 0.6) is 6.01 Å². The summed E-state index contributed by atoms with van der Waals surface area (Å²) in [5.74, 6) is 1.38. The zero-order chi connectivity index (χ0) is 14.7. The summed E-state index contributed by atoms with van der Waals surface area (Å²) in [6, 6.07) is 4.49. The molecule has 110 valence electrons. The average molecular weight is 285 g/mol. The summed E-state index contributed by atoms with van der Waals surface area (Å²) < 4.78 is 5.45. The molecule has 0 saturated heterocycles. The predicted octanol–water partition coefficient (Wildman–Crippen LogP) is 2.18. The number of hydrogen-bond acceptors (Lipinski definition) is 6. The van der Waals surface area contributed by atoms with Crippen LogP contribution in [0.15, 0.2) is 18.3 Å². The number of hydrogen-bond donors (Lipinski definition) is 1. The number of rotatable bonds is 4. The minimum Gasteiger partial charge on any atom is -0.464 e. The van der Waals surface area contributed by atoms with Gasteiger partial charge in [-0.25, -0.2) is 0 Å². The van der Waals surface area contributed by atoms with Crippen molar-refractivity contribution >= 4 is 5.95 Å². The largest absolute Gasteiger partial charge is 0.464 e. The van der Waals surface area contributed by atoms with Crippen molar-refractivity contribution < 1.29 is 4.74 Å². The number of aromatic nitrogens is 4. The van der Waals surface area contributed by atoms with E-state index in [1.807, 2.05) is 19.2 Å². The van der Waals surface area contributed by atoms with Crippen molar-refractivity contribution in [2.75, 3.05) is 19.0 Å². The molecular formula is C15H19N5O. The van der Waals surface area contributed by atoms with Crippen LogP contribution < -0.4 is 10.1 Å². The Labute approximate surface area is 124 Å². The predicted molar refractivity (Wildman–Crippen MR) is 79.6 cm³/mol.